The zero-order valence-corrected chi connectivity index (χ0v) is 6.32. The molecule has 9 heavy (non-hydrogen) atoms. The van der Waals surface area contributed by atoms with E-state index in [1.165, 1.54) is 5.04 Å². The average molecular weight is 145 g/mol. The number of nitrogens with zero attached hydrogens (tertiary/aromatic N) is 1. The minimum atomic E-state index is 0.185. The summed E-state index contributed by atoms with van der Waals surface area (Å²) in [4.78, 5) is 4.25. The fourth-order valence-electron chi connectivity index (χ4n) is 0.757. The number of aliphatic hydroxyl groups is 1. The smallest absolute Gasteiger partial charge is 0.0833 e. The molecule has 0 saturated carbocycles. The van der Waals surface area contributed by atoms with E-state index in [-0.39, 0.29) is 12.6 Å². The molecule has 0 radical (unpaired) electrons. The van der Waals surface area contributed by atoms with Crippen molar-refractivity contribution in [1.82, 2.24) is 0 Å². The summed E-state index contributed by atoms with van der Waals surface area (Å²) in [5.74, 6) is 0.972. The molecule has 1 rings (SSSR count). The Morgan fingerprint density at radius 2 is 2.67 bits per heavy atom. The lowest BCUT2D eigenvalue weighted by atomic mass is 10.4. The van der Waals surface area contributed by atoms with Crippen molar-refractivity contribution in [2.45, 2.75) is 19.4 Å². The number of thioether (sulfide) groups is 1. The number of aliphatic imine (C=N–C) groups is 1. The molecule has 1 N–H and O–H groups in total. The van der Waals surface area contributed by atoms with E-state index in [0.29, 0.717) is 0 Å². The van der Waals surface area contributed by atoms with Crippen molar-refractivity contribution in [2.24, 2.45) is 4.99 Å². The summed E-state index contributed by atoms with van der Waals surface area (Å²) >= 11 is 1.77. The molecule has 1 aliphatic rings. The number of rotatable bonds is 2. The van der Waals surface area contributed by atoms with Crippen molar-refractivity contribution >= 4 is 16.8 Å². The lowest BCUT2D eigenvalue weighted by molar-refractivity contribution is 0.277. The zero-order valence-electron chi connectivity index (χ0n) is 5.50. The second kappa shape index (κ2) is 3.22. The highest BCUT2D eigenvalue weighted by Gasteiger charge is 2.14. The fraction of sp³-hybridized carbons (Fsp3) is 0.833. The summed E-state index contributed by atoms with van der Waals surface area (Å²) in [5.41, 5.74) is 0. The standard InChI is InChI=1S/C6H11NOS/c1-2-6-7-5(3-8)4-9-6/h5,8H,2-4H2,1H3. The van der Waals surface area contributed by atoms with Crippen LogP contribution in [0.25, 0.3) is 0 Å². The normalized spacial score (nSPS) is 26.4. The Hall–Kier alpha value is -0.0200. The van der Waals surface area contributed by atoms with Crippen LogP contribution < -0.4 is 0 Å². The molecule has 0 aliphatic carbocycles. The molecule has 0 saturated heterocycles. The van der Waals surface area contributed by atoms with Crippen molar-refractivity contribution in [2.75, 3.05) is 12.4 Å². The molecule has 0 amide bonds. The van der Waals surface area contributed by atoms with Gasteiger partial charge in [0.1, 0.15) is 0 Å². The van der Waals surface area contributed by atoms with Crippen LogP contribution in [0.1, 0.15) is 13.3 Å². The first-order valence-corrected chi connectivity index (χ1v) is 4.15. The predicted octanol–water partition coefficient (Wildman–Crippen LogP) is 0.903. The molecule has 0 aromatic heterocycles. The van der Waals surface area contributed by atoms with Crippen LogP contribution in [0.5, 0.6) is 0 Å². The molecular weight excluding hydrogens is 134 g/mol. The summed E-state index contributed by atoms with van der Waals surface area (Å²) in [6, 6.07) is 0.185. The predicted molar refractivity (Wildman–Crippen MR) is 41.1 cm³/mol. The molecular formula is C6H11NOS. The average Bonchev–Trinajstić information content (AvgIpc) is 2.34. The SMILES string of the molecule is CCC1=NC(CO)CS1. The van der Waals surface area contributed by atoms with Gasteiger partial charge in [0.2, 0.25) is 0 Å². The van der Waals surface area contributed by atoms with Crippen LogP contribution in [0.2, 0.25) is 0 Å². The van der Waals surface area contributed by atoms with Crippen molar-refractivity contribution < 1.29 is 5.11 Å². The van der Waals surface area contributed by atoms with Crippen molar-refractivity contribution in [3.63, 3.8) is 0 Å². The van der Waals surface area contributed by atoms with Gasteiger partial charge in [-0.1, -0.05) is 6.92 Å². The lowest BCUT2D eigenvalue weighted by Gasteiger charge is -1.95. The van der Waals surface area contributed by atoms with Gasteiger partial charge in [0, 0.05) is 5.75 Å². The van der Waals surface area contributed by atoms with Crippen molar-refractivity contribution in [3.8, 4) is 0 Å². The van der Waals surface area contributed by atoms with Gasteiger partial charge >= 0.3 is 0 Å². The molecule has 0 bridgehead atoms. The highest BCUT2D eigenvalue weighted by atomic mass is 32.2. The molecule has 0 aromatic carbocycles. The first-order chi connectivity index (χ1) is 4.36. The van der Waals surface area contributed by atoms with Gasteiger partial charge in [-0.2, -0.15) is 0 Å². The van der Waals surface area contributed by atoms with Crippen molar-refractivity contribution in [3.05, 3.63) is 0 Å². The molecule has 3 heteroatoms. The highest BCUT2D eigenvalue weighted by Crippen LogP contribution is 2.19. The van der Waals surface area contributed by atoms with E-state index in [0.717, 1.165) is 12.2 Å². The first kappa shape index (κ1) is 7.09. The summed E-state index contributed by atoms with van der Waals surface area (Å²) in [5, 5.41) is 9.85. The van der Waals surface area contributed by atoms with Gasteiger partial charge in [-0.3, -0.25) is 4.99 Å². The van der Waals surface area contributed by atoms with Gasteiger partial charge in [0.25, 0.3) is 0 Å². The highest BCUT2D eigenvalue weighted by molar-refractivity contribution is 8.14. The quantitative estimate of drug-likeness (QED) is 0.626. The number of aliphatic hydroxyl groups excluding tert-OH is 1. The van der Waals surface area contributed by atoms with Gasteiger partial charge in [0.05, 0.1) is 17.7 Å². The van der Waals surface area contributed by atoms with Crippen LogP contribution in [0, 0.1) is 0 Å². The zero-order chi connectivity index (χ0) is 6.69. The van der Waals surface area contributed by atoms with Crippen LogP contribution in [0.4, 0.5) is 0 Å². The van der Waals surface area contributed by atoms with Crippen LogP contribution >= 0.6 is 11.8 Å². The first-order valence-electron chi connectivity index (χ1n) is 3.17. The molecule has 0 aromatic rings. The Labute approximate surface area is 59.4 Å². The molecule has 0 fully saturated rings. The molecule has 1 atom stereocenters. The number of hydrogen-bond acceptors (Lipinski definition) is 3. The minimum Gasteiger partial charge on any atom is -0.394 e. The molecule has 0 spiro atoms. The Balaban J connectivity index is 2.40. The Morgan fingerprint density at radius 1 is 1.89 bits per heavy atom. The van der Waals surface area contributed by atoms with E-state index in [2.05, 4.69) is 11.9 Å². The van der Waals surface area contributed by atoms with Gasteiger partial charge < -0.3 is 5.11 Å². The third-order valence-corrected chi connectivity index (χ3v) is 2.56. The Bertz CT molecular complexity index is 124. The maximum absolute atomic E-state index is 8.66. The third kappa shape index (κ3) is 1.69. The summed E-state index contributed by atoms with van der Waals surface area (Å²) in [7, 11) is 0. The fourth-order valence-corrected chi connectivity index (χ4v) is 1.75. The van der Waals surface area contributed by atoms with E-state index in [1.54, 1.807) is 11.8 Å². The van der Waals surface area contributed by atoms with E-state index >= 15 is 0 Å². The van der Waals surface area contributed by atoms with Crippen LogP contribution in [0.15, 0.2) is 4.99 Å². The van der Waals surface area contributed by atoms with Gasteiger partial charge in [-0.25, -0.2) is 0 Å². The van der Waals surface area contributed by atoms with Gasteiger partial charge in [-0.15, -0.1) is 11.8 Å². The van der Waals surface area contributed by atoms with Gasteiger partial charge in [0.15, 0.2) is 0 Å². The maximum atomic E-state index is 8.66. The largest absolute Gasteiger partial charge is 0.394 e. The second-order valence-corrected chi connectivity index (χ2v) is 3.12. The molecule has 1 unspecified atom stereocenters. The second-order valence-electron chi connectivity index (χ2n) is 2.02. The summed E-state index contributed by atoms with van der Waals surface area (Å²) in [6.45, 7) is 2.29. The molecule has 2 nitrogen and oxygen atoms in total. The minimum absolute atomic E-state index is 0.185. The lowest BCUT2D eigenvalue weighted by Crippen LogP contribution is -2.08. The summed E-state index contributed by atoms with van der Waals surface area (Å²) in [6.07, 6.45) is 1.02. The monoisotopic (exact) mass is 145 g/mol. The summed E-state index contributed by atoms with van der Waals surface area (Å²) < 4.78 is 0. The topological polar surface area (TPSA) is 32.6 Å². The maximum Gasteiger partial charge on any atom is 0.0833 e. The Morgan fingerprint density at radius 3 is 3.00 bits per heavy atom. The molecule has 52 valence electrons. The van der Waals surface area contributed by atoms with E-state index in [9.17, 15) is 0 Å². The molecule has 1 aliphatic heterocycles. The van der Waals surface area contributed by atoms with E-state index < -0.39 is 0 Å². The Kier molecular flexibility index (Phi) is 2.54. The van der Waals surface area contributed by atoms with Gasteiger partial charge in [-0.05, 0) is 6.42 Å². The third-order valence-electron chi connectivity index (χ3n) is 1.28. The molecule has 1 heterocycles. The number of hydrogen-bond donors (Lipinski definition) is 1. The van der Waals surface area contributed by atoms with Crippen LogP contribution in [-0.4, -0.2) is 28.6 Å². The van der Waals surface area contributed by atoms with Crippen molar-refractivity contribution in [1.29, 1.82) is 0 Å². The van der Waals surface area contributed by atoms with E-state index in [1.807, 2.05) is 0 Å². The van der Waals surface area contributed by atoms with E-state index in [4.69, 9.17) is 5.11 Å². The van der Waals surface area contributed by atoms with Crippen LogP contribution in [0.3, 0.4) is 0 Å². The van der Waals surface area contributed by atoms with Crippen LogP contribution in [-0.2, 0) is 0 Å².